The molecule has 4 atom stereocenters. The van der Waals surface area contributed by atoms with Gasteiger partial charge in [0.05, 0.1) is 5.69 Å². The van der Waals surface area contributed by atoms with Gasteiger partial charge in [0.15, 0.2) is 0 Å². The number of allylic oxidation sites excluding steroid dienone is 4. The number of carbonyl (C=O) groups is 1. The Labute approximate surface area is 266 Å². The largest absolute Gasteiger partial charge is 0.444 e. The first-order valence-electron chi connectivity index (χ1n) is 14.8. The van der Waals surface area contributed by atoms with Gasteiger partial charge < -0.3 is 14.7 Å². The number of nitrogens with zero attached hydrogens (tertiary/aromatic N) is 3. The maximum atomic E-state index is 12.4. The molecule has 6 nitrogen and oxygen atoms in total. The first-order chi connectivity index (χ1) is 19.3. The topological polar surface area (TPSA) is 65.9 Å². The summed E-state index contributed by atoms with van der Waals surface area (Å²) in [6.07, 6.45) is 13.2. The number of pyridine rings is 1. The third-order valence-electron chi connectivity index (χ3n) is 9.35. The Hall–Kier alpha value is -1.19. The monoisotopic (exact) mass is 709 g/mol. The van der Waals surface area contributed by atoms with Crippen LogP contribution in [-0.2, 0) is 11.2 Å². The van der Waals surface area contributed by atoms with E-state index >= 15 is 0 Å². The molecular weight excluding hydrogens is 670 g/mol. The fourth-order valence-corrected chi connectivity index (χ4v) is 8.61. The van der Waals surface area contributed by atoms with Gasteiger partial charge in [-0.2, -0.15) is 0 Å². The van der Waals surface area contributed by atoms with Gasteiger partial charge in [-0.15, -0.1) is 0 Å². The van der Waals surface area contributed by atoms with Gasteiger partial charge in [-0.1, -0.05) is 52.2 Å². The minimum absolute atomic E-state index is 0.126. The van der Waals surface area contributed by atoms with Crippen molar-refractivity contribution in [3.05, 3.63) is 61.3 Å². The lowest BCUT2D eigenvalue weighted by Gasteiger charge is -2.46. The summed E-state index contributed by atoms with van der Waals surface area (Å²) < 4.78 is 7.68. The molecule has 2 aliphatic heterocycles. The summed E-state index contributed by atoms with van der Waals surface area (Å²) in [6.45, 7) is 10.9. The molecule has 0 radical (unpaired) electrons. The predicted octanol–water partition coefficient (Wildman–Crippen LogP) is 7.90. The van der Waals surface area contributed by atoms with Crippen molar-refractivity contribution in [2.45, 2.75) is 84.0 Å². The second-order valence-corrected chi connectivity index (χ2v) is 15.5. The number of halogens is 3. The number of rotatable bonds is 4. The Morgan fingerprint density at radius 1 is 1.22 bits per heavy atom. The number of hydrogen-bond acceptors (Lipinski definition) is 5. The number of likely N-dealkylation sites (tertiary alicyclic amines) is 1. The van der Waals surface area contributed by atoms with Crippen LogP contribution < -0.4 is 0 Å². The van der Waals surface area contributed by atoms with Crippen molar-refractivity contribution < 1.29 is 14.6 Å². The fraction of sp³-hybridized carbons (Fsp3) is 0.625. The van der Waals surface area contributed by atoms with E-state index in [0.29, 0.717) is 31.5 Å². The average Bonchev–Trinajstić information content (AvgIpc) is 3.03. The van der Waals surface area contributed by atoms with Gasteiger partial charge in [0, 0.05) is 57.7 Å². The molecule has 0 bridgehead atoms. The molecule has 1 saturated heterocycles. The third-order valence-corrected chi connectivity index (χ3v) is 11.1. The average molecular weight is 712 g/mol. The lowest BCUT2D eigenvalue weighted by atomic mass is 9.62. The van der Waals surface area contributed by atoms with Crippen LogP contribution in [0.2, 0.25) is 0 Å². The summed E-state index contributed by atoms with van der Waals surface area (Å²) in [5.41, 5.74) is 3.18. The van der Waals surface area contributed by atoms with Crippen molar-refractivity contribution in [1.29, 1.82) is 0 Å². The SMILES string of the molecule is CC(C)(C)OC(=O)N1CCC(CC(O)N2CC=C([C@H]3c4ncc(Br)cc4CCC4C=C(Cl)C=C(Br)C43C)CC2)CC1. The van der Waals surface area contributed by atoms with Crippen molar-refractivity contribution in [2.75, 3.05) is 26.2 Å². The van der Waals surface area contributed by atoms with Crippen LogP contribution in [0.4, 0.5) is 4.79 Å². The molecule has 41 heavy (non-hydrogen) atoms. The fourth-order valence-electron chi connectivity index (χ4n) is 7.07. The number of ether oxygens (including phenoxy) is 1. The molecule has 1 N–H and O–H groups in total. The van der Waals surface area contributed by atoms with Crippen molar-refractivity contribution in [3.63, 3.8) is 0 Å². The number of aliphatic hydroxyl groups is 1. The van der Waals surface area contributed by atoms with Crippen molar-refractivity contribution >= 4 is 49.6 Å². The Balaban J connectivity index is 1.27. The number of aryl methyl sites for hydroxylation is 1. The predicted molar refractivity (Wildman–Crippen MR) is 171 cm³/mol. The van der Waals surface area contributed by atoms with Crippen LogP contribution in [0.15, 0.2) is 50.1 Å². The van der Waals surface area contributed by atoms with E-state index in [1.807, 2.05) is 27.0 Å². The highest BCUT2D eigenvalue weighted by Crippen LogP contribution is 2.59. The van der Waals surface area contributed by atoms with E-state index in [2.05, 4.69) is 68.0 Å². The second kappa shape index (κ2) is 12.4. The van der Waals surface area contributed by atoms with Crippen LogP contribution in [0.1, 0.15) is 77.0 Å². The molecule has 1 aromatic heterocycles. The third kappa shape index (κ3) is 6.82. The van der Waals surface area contributed by atoms with E-state index in [1.165, 1.54) is 11.1 Å². The summed E-state index contributed by atoms with van der Waals surface area (Å²) in [6, 6.07) is 2.23. The van der Waals surface area contributed by atoms with Gasteiger partial charge in [0.25, 0.3) is 0 Å². The Bertz CT molecular complexity index is 1250. The maximum Gasteiger partial charge on any atom is 0.410 e. The van der Waals surface area contributed by atoms with Crippen molar-refractivity contribution in [3.8, 4) is 0 Å². The molecule has 3 unspecified atom stereocenters. The standard InChI is InChI=1S/C32H42Br2ClN3O3/c1-31(2,3)41-30(40)38-11-7-20(8-12-38)15-27(39)37-13-9-21(10-14-37)28-29-22(16-24(33)19-36-29)5-6-23-17-25(35)18-26(34)32(23,28)4/h9,16-20,23,27-28,39H,5-8,10-15H2,1-4H3/t23?,27?,28-,32?/m0/s1. The van der Waals surface area contributed by atoms with Gasteiger partial charge >= 0.3 is 6.09 Å². The summed E-state index contributed by atoms with van der Waals surface area (Å²) in [5.74, 6) is 0.814. The first-order valence-corrected chi connectivity index (χ1v) is 16.8. The van der Waals surface area contributed by atoms with Crippen LogP contribution >= 0.6 is 43.5 Å². The zero-order valence-corrected chi connectivity index (χ0v) is 28.4. The summed E-state index contributed by atoms with van der Waals surface area (Å²) >= 11 is 14.1. The zero-order valence-electron chi connectivity index (χ0n) is 24.5. The number of fused-ring (bicyclic) bond motifs is 2. The van der Waals surface area contributed by atoms with Crippen molar-refractivity contribution in [2.24, 2.45) is 17.3 Å². The number of aromatic nitrogens is 1. The molecule has 3 heterocycles. The van der Waals surface area contributed by atoms with Gasteiger partial charge in [-0.05, 0) is 105 Å². The minimum atomic E-state index is -0.493. The van der Waals surface area contributed by atoms with Crippen LogP contribution in [-0.4, -0.2) is 64.0 Å². The summed E-state index contributed by atoms with van der Waals surface area (Å²) in [4.78, 5) is 21.4. The zero-order chi connectivity index (χ0) is 29.5. The smallest absolute Gasteiger partial charge is 0.410 e. The minimum Gasteiger partial charge on any atom is -0.444 e. The normalized spacial score (nSPS) is 28.5. The molecule has 4 aliphatic rings. The van der Waals surface area contributed by atoms with E-state index in [4.69, 9.17) is 21.3 Å². The Morgan fingerprint density at radius 2 is 1.95 bits per heavy atom. The number of amides is 1. The molecule has 2 aliphatic carbocycles. The van der Waals surface area contributed by atoms with Crippen molar-refractivity contribution in [1.82, 2.24) is 14.8 Å². The maximum absolute atomic E-state index is 12.4. The van der Waals surface area contributed by atoms with Gasteiger partial charge in [-0.3, -0.25) is 9.88 Å². The van der Waals surface area contributed by atoms with E-state index in [-0.39, 0.29) is 17.4 Å². The van der Waals surface area contributed by atoms with Crippen LogP contribution in [0, 0.1) is 17.3 Å². The molecule has 0 saturated carbocycles. The van der Waals surface area contributed by atoms with Crippen LogP contribution in [0.3, 0.4) is 0 Å². The highest BCUT2D eigenvalue weighted by atomic mass is 79.9. The lowest BCUT2D eigenvalue weighted by molar-refractivity contribution is -0.0191. The second-order valence-electron chi connectivity index (χ2n) is 13.3. The van der Waals surface area contributed by atoms with E-state index in [9.17, 15) is 9.90 Å². The first kappa shape index (κ1) is 31.2. The number of carbonyl (C=O) groups excluding carboxylic acids is 1. The molecule has 5 rings (SSSR count). The highest BCUT2D eigenvalue weighted by molar-refractivity contribution is 9.11. The quantitative estimate of drug-likeness (QED) is 0.322. The number of piperidine rings is 1. The van der Waals surface area contributed by atoms with Gasteiger partial charge in [-0.25, -0.2) is 4.79 Å². The summed E-state index contributed by atoms with van der Waals surface area (Å²) in [5, 5.41) is 12.0. The molecule has 224 valence electrons. The molecule has 9 heteroatoms. The number of aliphatic hydroxyl groups excluding tert-OH is 1. The van der Waals surface area contributed by atoms with E-state index < -0.39 is 11.8 Å². The Kier molecular flexibility index (Phi) is 9.47. The molecule has 0 spiro atoms. The Morgan fingerprint density at radius 3 is 2.61 bits per heavy atom. The molecule has 0 aromatic carbocycles. The van der Waals surface area contributed by atoms with Crippen LogP contribution in [0.25, 0.3) is 0 Å². The van der Waals surface area contributed by atoms with Gasteiger partial charge in [0.1, 0.15) is 11.8 Å². The lowest BCUT2D eigenvalue weighted by Crippen LogP contribution is -2.44. The molecule has 1 amide bonds. The number of hydrogen-bond donors (Lipinski definition) is 1. The molecule has 1 aromatic rings. The summed E-state index contributed by atoms with van der Waals surface area (Å²) in [7, 11) is 0. The van der Waals surface area contributed by atoms with Crippen LogP contribution in [0.5, 0.6) is 0 Å². The van der Waals surface area contributed by atoms with Gasteiger partial charge in [0.2, 0.25) is 0 Å². The highest BCUT2D eigenvalue weighted by Gasteiger charge is 2.49. The van der Waals surface area contributed by atoms with E-state index in [0.717, 1.165) is 64.8 Å². The molecule has 1 fully saturated rings. The van der Waals surface area contributed by atoms with E-state index in [1.54, 1.807) is 4.90 Å². The molecular formula is C32H42Br2ClN3O3.